The van der Waals surface area contributed by atoms with Gasteiger partial charge >= 0.3 is 11.9 Å². The van der Waals surface area contributed by atoms with E-state index >= 15 is 0 Å². The van der Waals surface area contributed by atoms with E-state index in [1.165, 1.54) is 116 Å². The number of hydrogen-bond donors (Lipinski definition) is 0. The molecule has 0 atom stereocenters. The third kappa shape index (κ3) is 32.9. The zero-order chi connectivity index (χ0) is 30.8. The van der Waals surface area contributed by atoms with E-state index in [-0.39, 0.29) is 11.9 Å². The van der Waals surface area contributed by atoms with Crippen molar-refractivity contribution in [1.29, 1.82) is 0 Å². The molecule has 0 radical (unpaired) electrons. The standard InChI is InChI=1S/C38H70O4/c1-4-6-8-10-12-14-16-18-20-22-24-26-28-30-32-34-37(39)41-36(3)42-38(40)35-33-31-29-27-25-23-21-19-17-15-13-11-9-7-5-2/h18-21,36H,4-17,22-35H2,1-3H3/b20-18-,21-19-. The van der Waals surface area contributed by atoms with Crippen molar-refractivity contribution in [3.05, 3.63) is 24.3 Å². The van der Waals surface area contributed by atoms with E-state index in [1.54, 1.807) is 6.92 Å². The molecule has 0 saturated carbocycles. The molecule has 0 aromatic carbocycles. The Bertz CT molecular complexity index is 585. The number of unbranched alkanes of at least 4 members (excludes halogenated alkanes) is 22. The summed E-state index contributed by atoms with van der Waals surface area (Å²) in [6.45, 7) is 6.16. The molecular formula is C38H70O4. The summed E-state index contributed by atoms with van der Waals surface area (Å²) in [5, 5.41) is 0. The van der Waals surface area contributed by atoms with Crippen molar-refractivity contribution in [2.75, 3.05) is 0 Å². The topological polar surface area (TPSA) is 52.6 Å². The molecule has 0 fully saturated rings. The Labute approximate surface area is 261 Å². The van der Waals surface area contributed by atoms with Gasteiger partial charge < -0.3 is 9.47 Å². The molecule has 0 aliphatic heterocycles. The lowest BCUT2D eigenvalue weighted by Crippen LogP contribution is -2.21. The summed E-state index contributed by atoms with van der Waals surface area (Å²) in [6.07, 6.45) is 41.4. The molecule has 4 heteroatoms. The molecule has 0 N–H and O–H groups in total. The highest BCUT2D eigenvalue weighted by Crippen LogP contribution is 2.13. The number of carbonyl (C=O) groups is 2. The third-order valence-corrected chi connectivity index (χ3v) is 7.88. The smallest absolute Gasteiger partial charge is 0.308 e. The first-order chi connectivity index (χ1) is 20.6. The fourth-order valence-corrected chi connectivity index (χ4v) is 5.19. The molecule has 0 saturated heterocycles. The van der Waals surface area contributed by atoms with Crippen molar-refractivity contribution in [2.24, 2.45) is 0 Å². The summed E-state index contributed by atoms with van der Waals surface area (Å²) in [7, 11) is 0. The van der Waals surface area contributed by atoms with Crippen LogP contribution < -0.4 is 0 Å². The molecule has 0 spiro atoms. The van der Waals surface area contributed by atoms with Gasteiger partial charge in [-0.05, 0) is 64.2 Å². The van der Waals surface area contributed by atoms with Crippen molar-refractivity contribution in [3.8, 4) is 0 Å². The van der Waals surface area contributed by atoms with Crippen LogP contribution in [0, 0.1) is 0 Å². The highest BCUT2D eigenvalue weighted by atomic mass is 16.7. The van der Waals surface area contributed by atoms with Gasteiger partial charge in [0, 0.05) is 19.8 Å². The van der Waals surface area contributed by atoms with Gasteiger partial charge in [0.15, 0.2) is 0 Å². The second-order valence-electron chi connectivity index (χ2n) is 12.2. The Morgan fingerprint density at radius 3 is 1.00 bits per heavy atom. The molecule has 0 amide bonds. The molecule has 4 nitrogen and oxygen atoms in total. The zero-order valence-corrected chi connectivity index (χ0v) is 28.3. The van der Waals surface area contributed by atoms with Crippen LogP contribution in [0.3, 0.4) is 0 Å². The minimum Gasteiger partial charge on any atom is -0.425 e. The number of ether oxygens (including phenoxy) is 2. The molecule has 0 rings (SSSR count). The average molecular weight is 591 g/mol. The predicted octanol–water partition coefficient (Wildman–Crippen LogP) is 12.5. The molecule has 246 valence electrons. The Hall–Kier alpha value is -1.58. The van der Waals surface area contributed by atoms with Gasteiger partial charge in [-0.1, -0.05) is 141 Å². The lowest BCUT2D eigenvalue weighted by Gasteiger charge is -2.14. The van der Waals surface area contributed by atoms with Gasteiger partial charge in [-0.25, -0.2) is 0 Å². The van der Waals surface area contributed by atoms with Gasteiger partial charge in [-0.3, -0.25) is 9.59 Å². The average Bonchev–Trinajstić information content (AvgIpc) is 2.97. The van der Waals surface area contributed by atoms with Crippen LogP contribution in [0.5, 0.6) is 0 Å². The molecule has 0 unspecified atom stereocenters. The zero-order valence-electron chi connectivity index (χ0n) is 28.3. The van der Waals surface area contributed by atoms with Crippen LogP contribution in [0.2, 0.25) is 0 Å². The highest BCUT2D eigenvalue weighted by molar-refractivity contribution is 5.71. The van der Waals surface area contributed by atoms with Crippen LogP contribution in [-0.4, -0.2) is 18.2 Å². The van der Waals surface area contributed by atoms with Crippen LogP contribution in [0.1, 0.15) is 201 Å². The number of carbonyl (C=O) groups excluding carboxylic acids is 2. The molecule has 0 bridgehead atoms. The summed E-state index contributed by atoms with van der Waals surface area (Å²) < 4.78 is 10.5. The van der Waals surface area contributed by atoms with E-state index in [0.717, 1.165) is 51.4 Å². The second kappa shape index (κ2) is 33.9. The lowest BCUT2D eigenvalue weighted by atomic mass is 10.1. The molecule has 0 heterocycles. The first kappa shape index (κ1) is 40.4. The summed E-state index contributed by atoms with van der Waals surface area (Å²) in [5.74, 6) is -0.539. The normalized spacial score (nSPS) is 11.7. The van der Waals surface area contributed by atoms with Crippen molar-refractivity contribution in [2.45, 2.75) is 207 Å². The van der Waals surface area contributed by atoms with Crippen LogP contribution in [-0.2, 0) is 19.1 Å². The van der Waals surface area contributed by atoms with Crippen LogP contribution in [0.15, 0.2) is 24.3 Å². The Balaban J connectivity index is 3.48. The number of rotatable bonds is 32. The summed E-state index contributed by atoms with van der Waals surface area (Å²) in [6, 6.07) is 0. The summed E-state index contributed by atoms with van der Waals surface area (Å²) in [4.78, 5) is 24.1. The summed E-state index contributed by atoms with van der Waals surface area (Å²) >= 11 is 0. The van der Waals surface area contributed by atoms with Gasteiger partial charge in [0.2, 0.25) is 6.29 Å². The Kier molecular flexibility index (Phi) is 32.6. The SMILES string of the molecule is CCCCCCCC/C=C\CCCCCCCC(=O)OC(C)OC(=O)CCCCCCC/C=C\CCCCCCCC. The van der Waals surface area contributed by atoms with E-state index in [4.69, 9.17) is 9.47 Å². The second-order valence-corrected chi connectivity index (χ2v) is 12.2. The maximum atomic E-state index is 12.0. The van der Waals surface area contributed by atoms with Crippen LogP contribution >= 0.6 is 0 Å². The molecule has 0 aliphatic rings. The summed E-state index contributed by atoms with van der Waals surface area (Å²) in [5.41, 5.74) is 0. The van der Waals surface area contributed by atoms with E-state index in [2.05, 4.69) is 38.2 Å². The van der Waals surface area contributed by atoms with E-state index < -0.39 is 6.29 Å². The van der Waals surface area contributed by atoms with Crippen molar-refractivity contribution < 1.29 is 19.1 Å². The van der Waals surface area contributed by atoms with Crippen molar-refractivity contribution in [1.82, 2.24) is 0 Å². The predicted molar refractivity (Wildman–Crippen MR) is 181 cm³/mol. The largest absolute Gasteiger partial charge is 0.425 e. The Morgan fingerprint density at radius 1 is 0.429 bits per heavy atom. The maximum absolute atomic E-state index is 12.0. The van der Waals surface area contributed by atoms with Gasteiger partial charge in [0.05, 0.1) is 0 Å². The molecule has 0 aromatic rings. The van der Waals surface area contributed by atoms with E-state index in [0.29, 0.717) is 12.8 Å². The van der Waals surface area contributed by atoms with Crippen LogP contribution in [0.4, 0.5) is 0 Å². The van der Waals surface area contributed by atoms with Crippen LogP contribution in [0.25, 0.3) is 0 Å². The Morgan fingerprint density at radius 2 is 0.690 bits per heavy atom. The third-order valence-electron chi connectivity index (χ3n) is 7.88. The van der Waals surface area contributed by atoms with Gasteiger partial charge in [0.25, 0.3) is 0 Å². The number of esters is 2. The maximum Gasteiger partial charge on any atom is 0.308 e. The molecular weight excluding hydrogens is 520 g/mol. The minimum atomic E-state index is -0.795. The molecule has 42 heavy (non-hydrogen) atoms. The van der Waals surface area contributed by atoms with E-state index in [9.17, 15) is 9.59 Å². The van der Waals surface area contributed by atoms with Gasteiger partial charge in [-0.2, -0.15) is 0 Å². The van der Waals surface area contributed by atoms with Gasteiger partial charge in [-0.15, -0.1) is 0 Å². The lowest BCUT2D eigenvalue weighted by molar-refractivity contribution is -0.184. The number of allylic oxidation sites excluding steroid dienone is 4. The fourth-order valence-electron chi connectivity index (χ4n) is 5.19. The quantitative estimate of drug-likeness (QED) is 0.0338. The van der Waals surface area contributed by atoms with Gasteiger partial charge in [0.1, 0.15) is 0 Å². The van der Waals surface area contributed by atoms with Crippen molar-refractivity contribution in [3.63, 3.8) is 0 Å². The first-order valence-corrected chi connectivity index (χ1v) is 18.3. The highest BCUT2D eigenvalue weighted by Gasteiger charge is 2.13. The molecule has 0 aromatic heterocycles. The number of hydrogen-bond acceptors (Lipinski definition) is 4. The first-order valence-electron chi connectivity index (χ1n) is 18.3. The minimum absolute atomic E-state index is 0.269. The monoisotopic (exact) mass is 591 g/mol. The van der Waals surface area contributed by atoms with Crippen molar-refractivity contribution >= 4 is 11.9 Å². The fraction of sp³-hybridized carbons (Fsp3) is 0.842. The molecule has 0 aliphatic carbocycles. The van der Waals surface area contributed by atoms with E-state index in [1.807, 2.05) is 0 Å².